The molecular formula is C20H38NO2+. The molecule has 23 heavy (non-hydrogen) atoms. The van der Waals surface area contributed by atoms with Gasteiger partial charge in [0, 0.05) is 12.8 Å². The first-order valence-corrected chi connectivity index (χ1v) is 10.5. The van der Waals surface area contributed by atoms with Crippen molar-refractivity contribution in [1.29, 1.82) is 0 Å². The third-order valence-corrected chi connectivity index (χ3v) is 6.11. The molecule has 0 aromatic heterocycles. The monoisotopic (exact) mass is 324 g/mol. The second-order valence-electron chi connectivity index (χ2n) is 8.16. The van der Waals surface area contributed by atoms with Crippen molar-refractivity contribution < 1.29 is 14.4 Å². The van der Waals surface area contributed by atoms with Crippen molar-refractivity contribution in [3.8, 4) is 0 Å². The van der Waals surface area contributed by atoms with Gasteiger partial charge in [-0.15, -0.1) is 0 Å². The Balaban J connectivity index is 1.48. The van der Waals surface area contributed by atoms with Gasteiger partial charge in [-0.3, -0.25) is 0 Å². The summed E-state index contributed by atoms with van der Waals surface area (Å²) < 4.78 is 12.9. The summed E-state index contributed by atoms with van der Waals surface area (Å²) in [6.45, 7) is 4.69. The second kappa shape index (κ2) is 9.39. The van der Waals surface area contributed by atoms with Gasteiger partial charge in [-0.2, -0.15) is 0 Å². The molecule has 0 radical (unpaired) electrons. The van der Waals surface area contributed by atoms with Crippen molar-refractivity contribution in [3.63, 3.8) is 0 Å². The molecule has 1 unspecified atom stereocenters. The molecule has 3 rings (SSSR count). The zero-order valence-corrected chi connectivity index (χ0v) is 15.1. The molecule has 2 aliphatic heterocycles. The number of rotatable bonds is 2. The molecule has 0 aromatic rings. The predicted molar refractivity (Wildman–Crippen MR) is 93.8 cm³/mol. The van der Waals surface area contributed by atoms with Gasteiger partial charge in [-0.25, -0.2) is 0 Å². The molecule has 134 valence electrons. The van der Waals surface area contributed by atoms with Crippen LogP contribution >= 0.6 is 0 Å². The molecule has 0 amide bonds. The van der Waals surface area contributed by atoms with Crippen molar-refractivity contribution in [1.82, 2.24) is 0 Å². The van der Waals surface area contributed by atoms with Gasteiger partial charge in [-0.05, 0) is 32.1 Å². The van der Waals surface area contributed by atoms with Crippen molar-refractivity contribution in [2.45, 2.75) is 102 Å². The van der Waals surface area contributed by atoms with E-state index in [1.807, 2.05) is 0 Å². The van der Waals surface area contributed by atoms with Crippen molar-refractivity contribution in [2.75, 3.05) is 26.2 Å². The summed E-state index contributed by atoms with van der Waals surface area (Å²) in [6, 6.07) is 0. The third kappa shape index (κ3) is 5.72. The van der Waals surface area contributed by atoms with Gasteiger partial charge in [0.05, 0.1) is 19.7 Å². The SMILES string of the molecule is C1CCCCCC2(CCCCC1)OCC(C[NH+]1CCCCC1)O2. The summed E-state index contributed by atoms with van der Waals surface area (Å²) in [6.07, 6.45) is 19.2. The quantitative estimate of drug-likeness (QED) is 0.840. The van der Waals surface area contributed by atoms with E-state index in [0.29, 0.717) is 6.10 Å². The van der Waals surface area contributed by atoms with Gasteiger partial charge in [0.2, 0.25) is 0 Å². The number of ether oxygens (including phenoxy) is 2. The van der Waals surface area contributed by atoms with Crippen LogP contribution < -0.4 is 4.90 Å². The number of piperidine rings is 1. The van der Waals surface area contributed by atoms with Crippen molar-refractivity contribution in [3.05, 3.63) is 0 Å². The van der Waals surface area contributed by atoms with Crippen LogP contribution in [0.15, 0.2) is 0 Å². The first-order valence-electron chi connectivity index (χ1n) is 10.5. The lowest BCUT2D eigenvalue weighted by atomic mass is 9.97. The van der Waals surface area contributed by atoms with E-state index >= 15 is 0 Å². The Morgan fingerprint density at radius 1 is 0.696 bits per heavy atom. The van der Waals surface area contributed by atoms with Gasteiger partial charge >= 0.3 is 0 Å². The Bertz CT molecular complexity index is 316. The number of quaternary nitrogens is 1. The van der Waals surface area contributed by atoms with Gasteiger partial charge in [0.1, 0.15) is 12.6 Å². The van der Waals surface area contributed by atoms with E-state index in [-0.39, 0.29) is 5.79 Å². The van der Waals surface area contributed by atoms with Crippen LogP contribution in [0.25, 0.3) is 0 Å². The Morgan fingerprint density at radius 2 is 1.22 bits per heavy atom. The molecule has 1 saturated carbocycles. The fourth-order valence-corrected chi connectivity index (χ4v) is 4.71. The molecule has 0 aromatic carbocycles. The normalized spacial score (nSPS) is 31.6. The van der Waals surface area contributed by atoms with Gasteiger partial charge in [0.15, 0.2) is 5.79 Å². The van der Waals surface area contributed by atoms with Crippen LogP contribution in [0.3, 0.4) is 0 Å². The summed E-state index contributed by atoms with van der Waals surface area (Å²) in [5, 5.41) is 0. The fraction of sp³-hybridized carbons (Fsp3) is 1.00. The Kier molecular flexibility index (Phi) is 7.22. The Hall–Kier alpha value is -0.120. The summed E-state index contributed by atoms with van der Waals surface area (Å²) in [5.41, 5.74) is 0. The minimum atomic E-state index is -0.223. The highest BCUT2D eigenvalue weighted by atomic mass is 16.7. The molecule has 2 saturated heterocycles. The van der Waals surface area contributed by atoms with E-state index in [9.17, 15) is 0 Å². The first-order chi connectivity index (χ1) is 11.4. The summed E-state index contributed by atoms with van der Waals surface area (Å²) in [4.78, 5) is 1.75. The molecule has 1 atom stereocenters. The number of nitrogens with one attached hydrogen (secondary N) is 1. The molecule has 1 spiro atoms. The zero-order chi connectivity index (χ0) is 15.8. The highest BCUT2D eigenvalue weighted by molar-refractivity contribution is 4.79. The highest BCUT2D eigenvalue weighted by Crippen LogP contribution is 2.34. The Labute approximate surface area is 143 Å². The second-order valence-corrected chi connectivity index (χ2v) is 8.16. The molecule has 3 heteroatoms. The van der Waals surface area contributed by atoms with Gasteiger partial charge in [-0.1, -0.05) is 44.9 Å². The lowest BCUT2D eigenvalue weighted by molar-refractivity contribution is -0.907. The maximum Gasteiger partial charge on any atom is 0.169 e. The van der Waals surface area contributed by atoms with Crippen LogP contribution in [0.5, 0.6) is 0 Å². The standard InChI is InChI=1S/C20H37NO2/c1-2-4-6-9-13-20(14-10-7-5-3-1)22-18-19(23-20)17-21-15-11-8-12-16-21/h19H,1-18H2/p+1. The molecular weight excluding hydrogens is 286 g/mol. The summed E-state index contributed by atoms with van der Waals surface area (Å²) in [7, 11) is 0. The van der Waals surface area contributed by atoms with Crippen molar-refractivity contribution >= 4 is 0 Å². The largest absolute Gasteiger partial charge is 0.347 e. The van der Waals surface area contributed by atoms with Crippen LogP contribution in [-0.2, 0) is 9.47 Å². The average molecular weight is 325 g/mol. The predicted octanol–water partition coefficient (Wildman–Crippen LogP) is 3.47. The van der Waals surface area contributed by atoms with Gasteiger partial charge in [0.25, 0.3) is 0 Å². The highest BCUT2D eigenvalue weighted by Gasteiger charge is 2.42. The number of hydrogen-bond donors (Lipinski definition) is 1. The van der Waals surface area contributed by atoms with E-state index < -0.39 is 0 Å². The Morgan fingerprint density at radius 3 is 1.83 bits per heavy atom. The fourth-order valence-electron chi connectivity index (χ4n) is 4.71. The lowest BCUT2D eigenvalue weighted by Crippen LogP contribution is -3.13. The maximum atomic E-state index is 6.55. The molecule has 3 nitrogen and oxygen atoms in total. The topological polar surface area (TPSA) is 22.9 Å². The smallest absolute Gasteiger partial charge is 0.169 e. The van der Waals surface area contributed by atoms with Crippen LogP contribution in [0.1, 0.15) is 89.9 Å². The zero-order valence-electron chi connectivity index (χ0n) is 15.1. The minimum absolute atomic E-state index is 0.223. The van der Waals surface area contributed by atoms with Gasteiger partial charge < -0.3 is 14.4 Å². The molecule has 3 fully saturated rings. The summed E-state index contributed by atoms with van der Waals surface area (Å²) in [5.74, 6) is -0.223. The average Bonchev–Trinajstić information content (AvgIpc) is 2.95. The van der Waals surface area contributed by atoms with E-state index in [1.165, 1.54) is 96.7 Å². The molecule has 1 aliphatic carbocycles. The molecule has 1 N–H and O–H groups in total. The van der Waals surface area contributed by atoms with Crippen LogP contribution in [-0.4, -0.2) is 38.1 Å². The number of hydrogen-bond acceptors (Lipinski definition) is 2. The maximum absolute atomic E-state index is 6.55. The van der Waals surface area contributed by atoms with Crippen LogP contribution in [0.2, 0.25) is 0 Å². The molecule has 2 heterocycles. The van der Waals surface area contributed by atoms with E-state index in [4.69, 9.17) is 9.47 Å². The van der Waals surface area contributed by atoms with E-state index in [0.717, 1.165) is 19.4 Å². The minimum Gasteiger partial charge on any atom is -0.347 e. The number of likely N-dealkylation sites (tertiary alicyclic amines) is 1. The van der Waals surface area contributed by atoms with Crippen LogP contribution in [0.4, 0.5) is 0 Å². The van der Waals surface area contributed by atoms with Crippen LogP contribution in [0, 0.1) is 0 Å². The lowest BCUT2D eigenvalue weighted by Gasteiger charge is -2.30. The third-order valence-electron chi connectivity index (χ3n) is 6.11. The molecule has 0 bridgehead atoms. The first kappa shape index (κ1) is 17.7. The van der Waals surface area contributed by atoms with Crippen molar-refractivity contribution in [2.24, 2.45) is 0 Å². The van der Waals surface area contributed by atoms with E-state index in [1.54, 1.807) is 4.90 Å². The summed E-state index contributed by atoms with van der Waals surface area (Å²) >= 11 is 0. The van der Waals surface area contributed by atoms with E-state index in [2.05, 4.69) is 0 Å². The molecule has 3 aliphatic rings.